The van der Waals surface area contributed by atoms with Crippen LogP contribution in [-0.4, -0.2) is 39.0 Å². The molecule has 0 N–H and O–H groups in total. The van der Waals surface area contributed by atoms with E-state index in [9.17, 15) is 8.42 Å². The third kappa shape index (κ3) is 2.23. The number of hydrogen-bond donors (Lipinski definition) is 0. The SMILES string of the molecule is [CH2]c1ccc(S(=O)(=O)N2CCOCC2)s1. The average Bonchev–Trinajstić information content (AvgIpc) is 2.67. The Labute approximate surface area is 93.5 Å². The fraction of sp³-hybridized carbons (Fsp3) is 0.444. The van der Waals surface area contributed by atoms with E-state index in [1.807, 2.05) is 0 Å². The van der Waals surface area contributed by atoms with Crippen LogP contribution >= 0.6 is 11.3 Å². The van der Waals surface area contributed by atoms with Crippen molar-refractivity contribution >= 4 is 21.4 Å². The topological polar surface area (TPSA) is 46.6 Å². The summed E-state index contributed by atoms with van der Waals surface area (Å²) in [6.45, 7) is 5.53. The first-order valence-electron chi connectivity index (χ1n) is 4.60. The van der Waals surface area contributed by atoms with E-state index >= 15 is 0 Å². The highest BCUT2D eigenvalue weighted by atomic mass is 32.2. The zero-order valence-electron chi connectivity index (χ0n) is 8.18. The molecule has 1 aromatic rings. The van der Waals surface area contributed by atoms with Gasteiger partial charge >= 0.3 is 0 Å². The summed E-state index contributed by atoms with van der Waals surface area (Å²) >= 11 is 1.21. The molecule has 1 aliphatic rings. The zero-order chi connectivity index (χ0) is 10.9. The van der Waals surface area contributed by atoms with Gasteiger partial charge < -0.3 is 4.74 Å². The van der Waals surface area contributed by atoms with E-state index in [0.29, 0.717) is 30.5 Å². The minimum absolute atomic E-state index is 0.370. The number of hydrogen-bond acceptors (Lipinski definition) is 4. The van der Waals surface area contributed by atoms with Crippen LogP contribution in [0, 0.1) is 6.92 Å². The molecule has 0 bridgehead atoms. The van der Waals surface area contributed by atoms with Crippen LogP contribution in [-0.2, 0) is 14.8 Å². The molecule has 1 aromatic heterocycles. The lowest BCUT2D eigenvalue weighted by atomic mass is 10.5. The molecule has 6 heteroatoms. The molecule has 1 saturated heterocycles. The Morgan fingerprint density at radius 2 is 2.00 bits per heavy atom. The minimum atomic E-state index is -3.31. The molecule has 2 rings (SSSR count). The highest BCUT2D eigenvalue weighted by molar-refractivity contribution is 7.91. The summed E-state index contributed by atoms with van der Waals surface area (Å²) in [5, 5.41) is 0. The largest absolute Gasteiger partial charge is 0.379 e. The van der Waals surface area contributed by atoms with Crippen molar-refractivity contribution < 1.29 is 13.2 Å². The highest BCUT2D eigenvalue weighted by Gasteiger charge is 2.27. The lowest BCUT2D eigenvalue weighted by molar-refractivity contribution is 0.0731. The average molecular weight is 246 g/mol. The molecule has 0 amide bonds. The van der Waals surface area contributed by atoms with Crippen LogP contribution in [0.2, 0.25) is 0 Å². The number of rotatable bonds is 2. The molecule has 0 atom stereocenters. The molecule has 2 heterocycles. The Bertz CT molecular complexity index is 432. The number of morpholine rings is 1. The predicted octanol–water partition coefficient (Wildman–Crippen LogP) is 0.951. The molecule has 15 heavy (non-hydrogen) atoms. The van der Waals surface area contributed by atoms with Crippen molar-refractivity contribution in [2.75, 3.05) is 26.3 Å². The van der Waals surface area contributed by atoms with Gasteiger partial charge in [-0.1, -0.05) is 0 Å². The Hall–Kier alpha value is -0.430. The van der Waals surface area contributed by atoms with Gasteiger partial charge in [0.15, 0.2) is 0 Å². The monoisotopic (exact) mass is 246 g/mol. The van der Waals surface area contributed by atoms with E-state index in [1.165, 1.54) is 15.6 Å². The van der Waals surface area contributed by atoms with Crippen LogP contribution in [0.25, 0.3) is 0 Å². The van der Waals surface area contributed by atoms with Gasteiger partial charge in [-0.2, -0.15) is 4.31 Å². The molecule has 1 fully saturated rings. The van der Waals surface area contributed by atoms with Crippen molar-refractivity contribution in [3.05, 3.63) is 23.9 Å². The normalized spacial score (nSPS) is 19.3. The molecule has 83 valence electrons. The van der Waals surface area contributed by atoms with Gasteiger partial charge in [0.1, 0.15) is 4.21 Å². The molecule has 1 radical (unpaired) electrons. The van der Waals surface area contributed by atoms with Crippen LogP contribution in [0.5, 0.6) is 0 Å². The summed E-state index contributed by atoms with van der Waals surface area (Å²) in [6.07, 6.45) is 0. The Morgan fingerprint density at radius 1 is 1.33 bits per heavy atom. The Morgan fingerprint density at radius 3 is 2.53 bits per heavy atom. The molecule has 0 saturated carbocycles. The summed E-state index contributed by atoms with van der Waals surface area (Å²) in [4.78, 5) is 0.766. The van der Waals surface area contributed by atoms with Gasteiger partial charge in [0, 0.05) is 18.0 Å². The van der Waals surface area contributed by atoms with Crippen molar-refractivity contribution in [3.63, 3.8) is 0 Å². The molecular formula is C9H12NO3S2. The first-order valence-corrected chi connectivity index (χ1v) is 6.86. The number of nitrogens with zero attached hydrogens (tertiary/aromatic N) is 1. The van der Waals surface area contributed by atoms with E-state index < -0.39 is 10.0 Å². The Balaban J connectivity index is 2.26. The summed E-state index contributed by atoms with van der Waals surface area (Å²) in [5.74, 6) is 0. The zero-order valence-corrected chi connectivity index (χ0v) is 9.81. The molecule has 4 nitrogen and oxygen atoms in total. The van der Waals surface area contributed by atoms with Gasteiger partial charge in [0.25, 0.3) is 10.0 Å². The minimum Gasteiger partial charge on any atom is -0.379 e. The van der Waals surface area contributed by atoms with E-state index in [-0.39, 0.29) is 0 Å². The van der Waals surface area contributed by atoms with Gasteiger partial charge in [0.2, 0.25) is 0 Å². The lowest BCUT2D eigenvalue weighted by Gasteiger charge is -2.25. The maximum absolute atomic E-state index is 12.1. The summed E-state index contributed by atoms with van der Waals surface area (Å²) in [6, 6.07) is 3.33. The van der Waals surface area contributed by atoms with Crippen LogP contribution in [0.4, 0.5) is 0 Å². The molecule has 1 aliphatic heterocycles. The molecule has 0 spiro atoms. The highest BCUT2D eigenvalue weighted by Crippen LogP contribution is 2.24. The van der Waals surface area contributed by atoms with Gasteiger partial charge in [-0.3, -0.25) is 0 Å². The third-order valence-electron chi connectivity index (χ3n) is 2.20. The van der Waals surface area contributed by atoms with Crippen molar-refractivity contribution in [2.45, 2.75) is 4.21 Å². The van der Waals surface area contributed by atoms with E-state index in [4.69, 9.17) is 4.74 Å². The summed E-state index contributed by atoms with van der Waals surface area (Å²) in [5.41, 5.74) is 0. The first kappa shape index (κ1) is 11.1. The predicted molar refractivity (Wildman–Crippen MR) is 58.4 cm³/mol. The first-order chi connectivity index (χ1) is 7.10. The lowest BCUT2D eigenvalue weighted by Crippen LogP contribution is -2.40. The second-order valence-electron chi connectivity index (χ2n) is 3.24. The fourth-order valence-electron chi connectivity index (χ4n) is 1.41. The van der Waals surface area contributed by atoms with Crippen molar-refractivity contribution in [2.24, 2.45) is 0 Å². The van der Waals surface area contributed by atoms with E-state index in [0.717, 1.165) is 4.88 Å². The standard InChI is InChI=1S/C9H12NO3S2/c1-8-2-3-9(14-8)15(11,12)10-4-6-13-7-5-10/h2-3H,1,4-7H2. The quantitative estimate of drug-likeness (QED) is 0.780. The number of sulfonamides is 1. The van der Waals surface area contributed by atoms with Gasteiger partial charge in [-0.25, -0.2) is 8.42 Å². The van der Waals surface area contributed by atoms with Crippen LogP contribution in [0.1, 0.15) is 4.88 Å². The maximum atomic E-state index is 12.1. The van der Waals surface area contributed by atoms with Crippen molar-refractivity contribution in [3.8, 4) is 0 Å². The fourth-order valence-corrected chi connectivity index (χ4v) is 4.12. The maximum Gasteiger partial charge on any atom is 0.252 e. The van der Waals surface area contributed by atoms with Crippen LogP contribution < -0.4 is 0 Å². The van der Waals surface area contributed by atoms with Gasteiger partial charge in [-0.05, 0) is 19.1 Å². The van der Waals surface area contributed by atoms with Crippen LogP contribution in [0.15, 0.2) is 16.3 Å². The number of ether oxygens (including phenoxy) is 1. The third-order valence-corrected chi connectivity index (χ3v) is 5.51. The van der Waals surface area contributed by atoms with E-state index in [2.05, 4.69) is 6.92 Å². The molecule has 0 aromatic carbocycles. The van der Waals surface area contributed by atoms with E-state index in [1.54, 1.807) is 12.1 Å². The van der Waals surface area contributed by atoms with Crippen molar-refractivity contribution in [1.29, 1.82) is 0 Å². The van der Waals surface area contributed by atoms with Crippen molar-refractivity contribution in [1.82, 2.24) is 4.31 Å². The second kappa shape index (κ2) is 4.21. The summed E-state index contributed by atoms with van der Waals surface area (Å²) < 4.78 is 31.1. The summed E-state index contributed by atoms with van der Waals surface area (Å²) in [7, 11) is -3.31. The smallest absolute Gasteiger partial charge is 0.252 e. The molecular weight excluding hydrogens is 234 g/mol. The molecule has 0 aliphatic carbocycles. The molecule has 0 unspecified atom stereocenters. The van der Waals surface area contributed by atoms with Crippen LogP contribution in [0.3, 0.4) is 0 Å². The van der Waals surface area contributed by atoms with Gasteiger partial charge in [0.05, 0.1) is 13.2 Å². The second-order valence-corrected chi connectivity index (χ2v) is 6.57. The van der Waals surface area contributed by atoms with Gasteiger partial charge in [-0.15, -0.1) is 11.3 Å². The Kier molecular flexibility index (Phi) is 3.11. The number of thiophene rings is 1.